The molecule has 2 heterocycles. The highest BCUT2D eigenvalue weighted by atomic mass is 16.3. The number of rotatable bonds is 2. The standard InChI is InChI=1S/C18H17N5O/c1-23-6-5-12-15-14(21-18(20)22-17(15)19)8-13(16(12)23)11-4-2-3-10(7-11)9-24/h2-8,24H,9H2,1H3,(H4,19,20,21,22). The number of aliphatic hydroxyl groups is 1. The zero-order valence-corrected chi connectivity index (χ0v) is 13.2. The monoisotopic (exact) mass is 319 g/mol. The van der Waals surface area contributed by atoms with E-state index < -0.39 is 0 Å². The van der Waals surface area contributed by atoms with Crippen LogP contribution in [0.15, 0.2) is 42.6 Å². The third-order valence-electron chi connectivity index (χ3n) is 4.28. The van der Waals surface area contributed by atoms with Crippen LogP contribution in [0.2, 0.25) is 0 Å². The molecule has 2 aromatic heterocycles. The third kappa shape index (κ3) is 2.08. The number of aliphatic hydroxyl groups excluding tert-OH is 1. The molecule has 2 aromatic carbocycles. The smallest absolute Gasteiger partial charge is 0.222 e. The number of benzene rings is 2. The molecule has 120 valence electrons. The number of nitrogens with two attached hydrogens (primary N) is 2. The zero-order valence-electron chi connectivity index (χ0n) is 13.2. The van der Waals surface area contributed by atoms with Gasteiger partial charge in [0.05, 0.1) is 23.0 Å². The Hall–Kier alpha value is -3.12. The summed E-state index contributed by atoms with van der Waals surface area (Å²) in [7, 11) is 1.99. The largest absolute Gasteiger partial charge is 0.392 e. The Balaban J connectivity index is 2.15. The molecule has 0 unspecified atom stereocenters. The van der Waals surface area contributed by atoms with Crippen molar-refractivity contribution < 1.29 is 5.11 Å². The SMILES string of the molecule is Cn1ccc2c3c(N)nc(N)nc3cc(-c3cccc(CO)c3)c21. The minimum atomic E-state index is -0.000231. The van der Waals surface area contributed by atoms with E-state index in [1.165, 1.54) is 0 Å². The van der Waals surface area contributed by atoms with Crippen LogP contribution < -0.4 is 11.5 Å². The highest BCUT2D eigenvalue weighted by Crippen LogP contribution is 2.36. The molecule has 0 saturated heterocycles. The van der Waals surface area contributed by atoms with Gasteiger partial charge in [-0.1, -0.05) is 18.2 Å². The molecule has 5 N–H and O–H groups in total. The molecule has 0 spiro atoms. The van der Waals surface area contributed by atoms with Gasteiger partial charge in [-0.15, -0.1) is 0 Å². The van der Waals surface area contributed by atoms with Gasteiger partial charge in [0.15, 0.2) is 0 Å². The molecule has 0 bridgehead atoms. The molecule has 0 aliphatic heterocycles. The second-order valence-corrected chi connectivity index (χ2v) is 5.83. The Morgan fingerprint density at radius 3 is 2.75 bits per heavy atom. The summed E-state index contributed by atoms with van der Waals surface area (Å²) in [6, 6.07) is 11.8. The predicted molar refractivity (Wildman–Crippen MR) is 96.2 cm³/mol. The van der Waals surface area contributed by atoms with Crippen molar-refractivity contribution in [3.63, 3.8) is 0 Å². The first-order chi connectivity index (χ1) is 11.6. The summed E-state index contributed by atoms with van der Waals surface area (Å²) in [5, 5.41) is 11.2. The maximum absolute atomic E-state index is 9.42. The molecule has 4 aromatic rings. The van der Waals surface area contributed by atoms with Gasteiger partial charge in [0.2, 0.25) is 5.95 Å². The van der Waals surface area contributed by atoms with Crippen LogP contribution in [0.25, 0.3) is 32.9 Å². The predicted octanol–water partition coefficient (Wildman–Crippen LogP) is 2.45. The molecule has 0 radical (unpaired) electrons. The first-order valence-corrected chi connectivity index (χ1v) is 7.59. The van der Waals surface area contributed by atoms with Gasteiger partial charge < -0.3 is 21.1 Å². The Morgan fingerprint density at radius 2 is 1.96 bits per heavy atom. The molecule has 0 atom stereocenters. The topological polar surface area (TPSA) is 103 Å². The lowest BCUT2D eigenvalue weighted by molar-refractivity contribution is 0.282. The molecule has 6 nitrogen and oxygen atoms in total. The van der Waals surface area contributed by atoms with Gasteiger partial charge in [-0.3, -0.25) is 0 Å². The van der Waals surface area contributed by atoms with Gasteiger partial charge in [0.1, 0.15) is 5.82 Å². The molecule has 4 rings (SSSR count). The van der Waals surface area contributed by atoms with Crippen molar-refractivity contribution in [2.24, 2.45) is 7.05 Å². The number of aryl methyl sites for hydroxylation is 1. The van der Waals surface area contributed by atoms with Crippen molar-refractivity contribution >= 4 is 33.6 Å². The normalized spacial score (nSPS) is 11.4. The van der Waals surface area contributed by atoms with E-state index in [0.717, 1.165) is 33.0 Å². The first kappa shape index (κ1) is 14.5. The van der Waals surface area contributed by atoms with E-state index in [2.05, 4.69) is 9.97 Å². The van der Waals surface area contributed by atoms with E-state index in [4.69, 9.17) is 11.5 Å². The number of hydrogen-bond acceptors (Lipinski definition) is 5. The number of nitrogens with zero attached hydrogens (tertiary/aromatic N) is 3. The molecular formula is C18H17N5O. The van der Waals surface area contributed by atoms with Crippen LogP contribution in [0.1, 0.15) is 5.56 Å². The molecule has 0 amide bonds. The van der Waals surface area contributed by atoms with Crippen molar-refractivity contribution in [3.8, 4) is 11.1 Å². The van der Waals surface area contributed by atoms with Crippen LogP contribution in [0.4, 0.5) is 11.8 Å². The van der Waals surface area contributed by atoms with Crippen molar-refractivity contribution in [2.45, 2.75) is 6.61 Å². The summed E-state index contributed by atoms with van der Waals surface area (Å²) in [5.41, 5.74) is 16.5. The van der Waals surface area contributed by atoms with Crippen LogP contribution in [-0.4, -0.2) is 19.6 Å². The van der Waals surface area contributed by atoms with Crippen molar-refractivity contribution in [3.05, 3.63) is 48.2 Å². The number of anilines is 2. The summed E-state index contributed by atoms with van der Waals surface area (Å²) < 4.78 is 2.05. The summed E-state index contributed by atoms with van der Waals surface area (Å²) in [6.07, 6.45) is 1.99. The second kappa shape index (κ2) is 5.21. The molecule has 24 heavy (non-hydrogen) atoms. The molecule has 6 heteroatoms. The van der Waals surface area contributed by atoms with Gasteiger partial charge in [-0.2, -0.15) is 4.98 Å². The van der Waals surface area contributed by atoms with Crippen molar-refractivity contribution in [1.82, 2.24) is 14.5 Å². The summed E-state index contributed by atoms with van der Waals surface area (Å²) in [6.45, 7) is -0.000231. The summed E-state index contributed by atoms with van der Waals surface area (Å²) in [4.78, 5) is 8.45. The van der Waals surface area contributed by atoms with E-state index in [9.17, 15) is 5.11 Å². The van der Waals surface area contributed by atoms with Crippen molar-refractivity contribution in [2.75, 3.05) is 11.5 Å². The Bertz CT molecular complexity index is 1080. The number of hydrogen-bond donors (Lipinski definition) is 3. The van der Waals surface area contributed by atoms with Gasteiger partial charge >= 0.3 is 0 Å². The van der Waals surface area contributed by atoms with Crippen molar-refractivity contribution in [1.29, 1.82) is 0 Å². The van der Waals surface area contributed by atoms with E-state index in [-0.39, 0.29) is 12.6 Å². The first-order valence-electron chi connectivity index (χ1n) is 7.59. The van der Waals surface area contributed by atoms with Crippen LogP contribution in [-0.2, 0) is 13.7 Å². The Labute approximate surface area is 138 Å². The zero-order chi connectivity index (χ0) is 16.8. The van der Waals surface area contributed by atoms with E-state index >= 15 is 0 Å². The lowest BCUT2D eigenvalue weighted by Gasteiger charge is -2.12. The molecule has 0 aliphatic rings. The van der Waals surface area contributed by atoms with E-state index in [1.807, 2.05) is 54.2 Å². The third-order valence-corrected chi connectivity index (χ3v) is 4.28. The molecule has 0 aliphatic carbocycles. The van der Waals surface area contributed by atoms with Crippen LogP contribution in [0.3, 0.4) is 0 Å². The van der Waals surface area contributed by atoms with Crippen LogP contribution >= 0.6 is 0 Å². The maximum atomic E-state index is 9.42. The average molecular weight is 319 g/mol. The summed E-state index contributed by atoms with van der Waals surface area (Å²) in [5.74, 6) is 0.537. The lowest BCUT2D eigenvalue weighted by Crippen LogP contribution is -2.01. The summed E-state index contributed by atoms with van der Waals surface area (Å²) >= 11 is 0. The number of nitrogen functional groups attached to an aromatic ring is 2. The van der Waals surface area contributed by atoms with Gasteiger partial charge in [0, 0.05) is 24.2 Å². The maximum Gasteiger partial charge on any atom is 0.222 e. The second-order valence-electron chi connectivity index (χ2n) is 5.83. The highest BCUT2D eigenvalue weighted by molar-refractivity contribution is 6.15. The highest BCUT2D eigenvalue weighted by Gasteiger charge is 2.15. The van der Waals surface area contributed by atoms with Crippen LogP contribution in [0.5, 0.6) is 0 Å². The fourth-order valence-electron chi connectivity index (χ4n) is 3.22. The fraction of sp³-hybridized carbons (Fsp3) is 0.111. The molecule has 0 fully saturated rings. The minimum absolute atomic E-state index is 0.000231. The van der Waals surface area contributed by atoms with Gasteiger partial charge in [-0.25, -0.2) is 4.98 Å². The quantitative estimate of drug-likeness (QED) is 0.526. The van der Waals surface area contributed by atoms with Crippen LogP contribution in [0, 0.1) is 0 Å². The molecule has 0 saturated carbocycles. The lowest BCUT2D eigenvalue weighted by atomic mass is 9.98. The minimum Gasteiger partial charge on any atom is -0.392 e. The van der Waals surface area contributed by atoms with E-state index in [0.29, 0.717) is 11.3 Å². The van der Waals surface area contributed by atoms with Gasteiger partial charge in [-0.05, 0) is 29.3 Å². The number of fused-ring (bicyclic) bond motifs is 3. The van der Waals surface area contributed by atoms with Gasteiger partial charge in [0.25, 0.3) is 0 Å². The Morgan fingerprint density at radius 1 is 1.12 bits per heavy atom. The number of aromatic nitrogens is 3. The Kier molecular flexibility index (Phi) is 3.14. The molecular weight excluding hydrogens is 302 g/mol. The van der Waals surface area contributed by atoms with E-state index in [1.54, 1.807) is 0 Å². The average Bonchev–Trinajstić information content (AvgIpc) is 2.95. The fourth-order valence-corrected chi connectivity index (χ4v) is 3.22.